The lowest BCUT2D eigenvalue weighted by Gasteiger charge is -2.25. The second kappa shape index (κ2) is 4.33. The summed E-state index contributed by atoms with van der Waals surface area (Å²) in [6, 6.07) is 4.94. The molecule has 0 aliphatic carbocycles. The van der Waals surface area contributed by atoms with Crippen LogP contribution >= 0.6 is 0 Å². The van der Waals surface area contributed by atoms with E-state index in [1.807, 2.05) is 0 Å². The Bertz CT molecular complexity index is 360. The smallest absolute Gasteiger partial charge is 0.416 e. The molecule has 1 aromatic carbocycles. The first-order valence-corrected chi connectivity index (χ1v) is 4.99. The van der Waals surface area contributed by atoms with Crippen molar-refractivity contribution >= 4 is 0 Å². The van der Waals surface area contributed by atoms with Gasteiger partial charge in [0.1, 0.15) is 5.75 Å². The van der Waals surface area contributed by atoms with Crippen LogP contribution in [0.15, 0.2) is 24.3 Å². The quantitative estimate of drug-likeness (QED) is 0.781. The summed E-state index contributed by atoms with van der Waals surface area (Å²) in [4.78, 5) is 0. The number of hydrogen-bond donors (Lipinski definition) is 0. The van der Waals surface area contributed by atoms with E-state index < -0.39 is 11.7 Å². The van der Waals surface area contributed by atoms with Crippen LogP contribution in [0.5, 0.6) is 5.75 Å². The zero-order valence-electron chi connectivity index (χ0n) is 8.50. The molecule has 1 radical (unpaired) electrons. The first-order chi connectivity index (χ1) is 7.55. The average molecular weight is 230 g/mol. The minimum atomic E-state index is -4.31. The van der Waals surface area contributed by atoms with Crippen molar-refractivity contribution in [2.75, 3.05) is 19.7 Å². The summed E-state index contributed by atoms with van der Waals surface area (Å²) >= 11 is 0. The Morgan fingerprint density at radius 3 is 2.62 bits per heavy atom. The van der Waals surface area contributed by atoms with E-state index in [1.165, 1.54) is 12.1 Å². The molecule has 1 aliphatic rings. The molecule has 2 nitrogen and oxygen atoms in total. The second-order valence-corrected chi connectivity index (χ2v) is 3.79. The first kappa shape index (κ1) is 11.3. The molecule has 1 aliphatic heterocycles. The van der Waals surface area contributed by atoms with Crippen molar-refractivity contribution in [3.63, 3.8) is 0 Å². The minimum Gasteiger partial charge on any atom is -0.493 e. The molecule has 5 heteroatoms. The third kappa shape index (κ3) is 2.66. The number of rotatable bonds is 3. The highest BCUT2D eigenvalue weighted by molar-refractivity contribution is 5.30. The van der Waals surface area contributed by atoms with Crippen LogP contribution in [-0.2, 0) is 6.18 Å². The Morgan fingerprint density at radius 1 is 1.31 bits per heavy atom. The predicted octanol–water partition coefficient (Wildman–Crippen LogP) is 2.32. The van der Waals surface area contributed by atoms with Crippen LogP contribution in [0.4, 0.5) is 13.2 Å². The van der Waals surface area contributed by atoms with E-state index >= 15 is 0 Å². The Kier molecular flexibility index (Phi) is 3.05. The van der Waals surface area contributed by atoms with Crippen molar-refractivity contribution in [3.05, 3.63) is 29.8 Å². The van der Waals surface area contributed by atoms with Crippen LogP contribution in [0.2, 0.25) is 0 Å². The molecule has 0 aromatic heterocycles. The van der Waals surface area contributed by atoms with Crippen molar-refractivity contribution in [1.82, 2.24) is 5.32 Å². The molecule has 0 spiro atoms. The molecule has 0 atom stereocenters. The summed E-state index contributed by atoms with van der Waals surface area (Å²) in [7, 11) is 0. The normalized spacial score (nSPS) is 16.9. The molecule has 1 aromatic rings. The van der Waals surface area contributed by atoms with Crippen molar-refractivity contribution in [2.45, 2.75) is 6.18 Å². The van der Waals surface area contributed by atoms with E-state index in [0.29, 0.717) is 12.5 Å². The van der Waals surface area contributed by atoms with Gasteiger partial charge in [-0.1, -0.05) is 6.07 Å². The Balaban J connectivity index is 1.98. The number of alkyl halides is 3. The largest absolute Gasteiger partial charge is 0.493 e. The molecule has 0 amide bonds. The molecule has 87 valence electrons. The minimum absolute atomic E-state index is 0.265. The molecule has 1 saturated heterocycles. The lowest BCUT2D eigenvalue weighted by Crippen LogP contribution is -2.39. The number of halogens is 3. The average Bonchev–Trinajstić information content (AvgIpc) is 2.14. The lowest BCUT2D eigenvalue weighted by atomic mass is 10.1. The zero-order chi connectivity index (χ0) is 11.6. The van der Waals surface area contributed by atoms with Gasteiger partial charge in [-0.05, 0) is 18.2 Å². The van der Waals surface area contributed by atoms with Crippen LogP contribution in [0.3, 0.4) is 0 Å². The van der Waals surface area contributed by atoms with Gasteiger partial charge in [0.05, 0.1) is 12.2 Å². The van der Waals surface area contributed by atoms with Gasteiger partial charge in [0.15, 0.2) is 0 Å². The van der Waals surface area contributed by atoms with Crippen LogP contribution in [0.25, 0.3) is 0 Å². The van der Waals surface area contributed by atoms with Gasteiger partial charge in [0.25, 0.3) is 0 Å². The monoisotopic (exact) mass is 230 g/mol. The third-order valence-electron chi connectivity index (χ3n) is 2.42. The highest BCUT2D eigenvalue weighted by Gasteiger charge is 2.30. The highest BCUT2D eigenvalue weighted by atomic mass is 19.4. The SMILES string of the molecule is FC(F)(F)c1cccc(OCC2C[N]C2)c1. The zero-order valence-corrected chi connectivity index (χ0v) is 8.50. The number of benzene rings is 1. The summed E-state index contributed by atoms with van der Waals surface area (Å²) in [5.74, 6) is 0.622. The Hall–Kier alpha value is -1.23. The van der Waals surface area contributed by atoms with E-state index in [-0.39, 0.29) is 5.75 Å². The molecule has 2 rings (SSSR count). The van der Waals surface area contributed by atoms with Crippen LogP contribution in [0.1, 0.15) is 5.56 Å². The maximum Gasteiger partial charge on any atom is 0.416 e. The van der Waals surface area contributed by atoms with Crippen LogP contribution < -0.4 is 10.1 Å². The summed E-state index contributed by atoms with van der Waals surface area (Å²) < 4.78 is 42.4. The molecule has 0 bridgehead atoms. The van der Waals surface area contributed by atoms with Crippen molar-refractivity contribution in [1.29, 1.82) is 0 Å². The number of hydrogen-bond acceptors (Lipinski definition) is 1. The predicted molar refractivity (Wildman–Crippen MR) is 52.3 cm³/mol. The summed E-state index contributed by atoms with van der Waals surface area (Å²) in [6.07, 6.45) is -4.31. The number of ether oxygens (including phenoxy) is 1. The topological polar surface area (TPSA) is 23.3 Å². The molecule has 1 fully saturated rings. The van der Waals surface area contributed by atoms with Gasteiger partial charge in [0, 0.05) is 19.0 Å². The maximum atomic E-state index is 12.4. The van der Waals surface area contributed by atoms with E-state index in [9.17, 15) is 13.2 Å². The van der Waals surface area contributed by atoms with E-state index in [2.05, 4.69) is 5.32 Å². The van der Waals surface area contributed by atoms with Crippen LogP contribution in [0, 0.1) is 5.92 Å². The van der Waals surface area contributed by atoms with Gasteiger partial charge in [0.2, 0.25) is 0 Å². The second-order valence-electron chi connectivity index (χ2n) is 3.79. The van der Waals surface area contributed by atoms with E-state index in [4.69, 9.17) is 4.74 Å². The molecular weight excluding hydrogens is 219 g/mol. The summed E-state index contributed by atoms with van der Waals surface area (Å²) in [5.41, 5.74) is -0.678. The fourth-order valence-corrected chi connectivity index (χ4v) is 1.39. The van der Waals surface area contributed by atoms with Gasteiger partial charge in [-0.15, -0.1) is 0 Å². The maximum absolute atomic E-state index is 12.4. The summed E-state index contributed by atoms with van der Waals surface area (Å²) in [6.45, 7) is 1.93. The van der Waals surface area contributed by atoms with E-state index in [1.54, 1.807) is 0 Å². The molecule has 0 unspecified atom stereocenters. The van der Waals surface area contributed by atoms with Gasteiger partial charge < -0.3 is 4.74 Å². The number of nitrogens with zero attached hydrogens (tertiary/aromatic N) is 1. The molecular formula is C11H11F3NO. The van der Waals surface area contributed by atoms with Gasteiger partial charge in [-0.2, -0.15) is 13.2 Å². The molecule has 1 heterocycles. The fraction of sp³-hybridized carbons (Fsp3) is 0.455. The van der Waals surface area contributed by atoms with Crippen molar-refractivity contribution in [3.8, 4) is 5.75 Å². The van der Waals surface area contributed by atoms with Gasteiger partial charge in [-0.25, -0.2) is 5.32 Å². The van der Waals surface area contributed by atoms with Crippen molar-refractivity contribution < 1.29 is 17.9 Å². The first-order valence-electron chi connectivity index (χ1n) is 4.99. The molecule has 0 N–H and O–H groups in total. The van der Waals surface area contributed by atoms with Gasteiger partial charge >= 0.3 is 6.18 Å². The fourth-order valence-electron chi connectivity index (χ4n) is 1.39. The third-order valence-corrected chi connectivity index (χ3v) is 2.42. The van der Waals surface area contributed by atoms with Crippen LogP contribution in [-0.4, -0.2) is 19.7 Å². The Labute approximate surface area is 91.4 Å². The highest BCUT2D eigenvalue weighted by Crippen LogP contribution is 2.31. The standard InChI is InChI=1S/C11H11F3NO/c12-11(13,14)9-2-1-3-10(4-9)16-7-8-5-15-6-8/h1-4,8H,5-7H2. The summed E-state index contributed by atoms with van der Waals surface area (Å²) in [5, 5.41) is 4.01. The molecule has 16 heavy (non-hydrogen) atoms. The Morgan fingerprint density at radius 2 is 2.06 bits per heavy atom. The van der Waals surface area contributed by atoms with Crippen molar-refractivity contribution in [2.24, 2.45) is 5.92 Å². The molecule has 0 saturated carbocycles. The van der Waals surface area contributed by atoms with Gasteiger partial charge in [-0.3, -0.25) is 0 Å². The lowest BCUT2D eigenvalue weighted by molar-refractivity contribution is -0.137. The van der Waals surface area contributed by atoms with E-state index in [0.717, 1.165) is 25.2 Å².